The summed E-state index contributed by atoms with van der Waals surface area (Å²) in [5.74, 6) is 0. The predicted molar refractivity (Wildman–Crippen MR) is 59.3 cm³/mol. The van der Waals surface area contributed by atoms with Gasteiger partial charge in [0.25, 0.3) is 0 Å². The van der Waals surface area contributed by atoms with Gasteiger partial charge in [-0.3, -0.25) is 4.98 Å². The Kier molecular flexibility index (Phi) is 4.85. The van der Waals surface area contributed by atoms with Gasteiger partial charge in [0.2, 0.25) is 0 Å². The van der Waals surface area contributed by atoms with Crippen LogP contribution < -0.4 is 17.1 Å². The van der Waals surface area contributed by atoms with Gasteiger partial charge in [-0.2, -0.15) is 0 Å². The van der Waals surface area contributed by atoms with Crippen LogP contribution in [0.4, 0.5) is 0 Å². The second kappa shape index (κ2) is 6.16. The van der Waals surface area contributed by atoms with Crippen molar-refractivity contribution in [1.29, 1.82) is 0 Å². The first-order valence-corrected chi connectivity index (χ1v) is 5.03. The Morgan fingerprint density at radius 2 is 1.35 bits per heavy atom. The summed E-state index contributed by atoms with van der Waals surface area (Å²) in [6, 6.07) is 0. The lowest BCUT2D eigenvalue weighted by molar-refractivity contribution is 0.175. The standard InChI is InChI=1S/C9H15N3O5/c1-16-5-3-11-7(13)10-8(14)12(9(11)15)4-6-17-2/h3-6H2,1-2H3,(H,10,13,14). The van der Waals surface area contributed by atoms with Gasteiger partial charge in [0.05, 0.1) is 26.3 Å². The molecule has 0 fully saturated rings. The largest absolute Gasteiger partial charge is 0.383 e. The molecule has 8 nitrogen and oxygen atoms in total. The number of hydrogen-bond acceptors (Lipinski definition) is 5. The van der Waals surface area contributed by atoms with Crippen LogP contribution in [0.3, 0.4) is 0 Å². The van der Waals surface area contributed by atoms with E-state index in [0.29, 0.717) is 0 Å². The molecule has 0 amide bonds. The molecule has 1 aromatic heterocycles. The van der Waals surface area contributed by atoms with E-state index in [-0.39, 0.29) is 26.3 Å². The minimum Gasteiger partial charge on any atom is -0.383 e. The van der Waals surface area contributed by atoms with E-state index in [1.54, 1.807) is 0 Å². The zero-order valence-corrected chi connectivity index (χ0v) is 9.76. The highest BCUT2D eigenvalue weighted by atomic mass is 16.5. The molecule has 1 N–H and O–H groups in total. The summed E-state index contributed by atoms with van der Waals surface area (Å²) >= 11 is 0. The quantitative estimate of drug-likeness (QED) is 0.625. The van der Waals surface area contributed by atoms with Crippen LogP contribution >= 0.6 is 0 Å². The molecule has 0 atom stereocenters. The highest BCUT2D eigenvalue weighted by Gasteiger charge is 2.08. The maximum absolute atomic E-state index is 11.8. The zero-order chi connectivity index (χ0) is 12.8. The fourth-order valence-electron chi connectivity index (χ4n) is 1.31. The van der Waals surface area contributed by atoms with Crippen LogP contribution in [0, 0.1) is 0 Å². The molecule has 0 aliphatic heterocycles. The van der Waals surface area contributed by atoms with Crippen LogP contribution in [0.2, 0.25) is 0 Å². The van der Waals surface area contributed by atoms with Gasteiger partial charge in [-0.15, -0.1) is 0 Å². The molecular formula is C9H15N3O5. The number of aromatic nitrogens is 3. The Bertz CT molecular complexity index is 483. The summed E-state index contributed by atoms with van der Waals surface area (Å²) < 4.78 is 11.4. The Balaban J connectivity index is 3.18. The Hall–Kier alpha value is -1.67. The van der Waals surface area contributed by atoms with Gasteiger partial charge in [-0.05, 0) is 0 Å². The third kappa shape index (κ3) is 3.14. The molecule has 0 bridgehead atoms. The summed E-state index contributed by atoms with van der Waals surface area (Å²) in [7, 11) is 2.92. The third-order valence-electron chi connectivity index (χ3n) is 2.20. The molecule has 0 spiro atoms. The van der Waals surface area contributed by atoms with Gasteiger partial charge in [0.15, 0.2) is 0 Å². The SMILES string of the molecule is COCCn1c(=O)[nH]c(=O)n(CCOC)c1=O. The van der Waals surface area contributed by atoms with Crippen LogP contribution in [-0.4, -0.2) is 41.6 Å². The van der Waals surface area contributed by atoms with Crippen LogP contribution in [-0.2, 0) is 22.6 Å². The first-order chi connectivity index (χ1) is 8.11. The maximum Gasteiger partial charge on any atom is 0.336 e. The van der Waals surface area contributed by atoms with E-state index in [2.05, 4.69) is 4.98 Å². The normalized spacial score (nSPS) is 10.7. The van der Waals surface area contributed by atoms with Crippen molar-refractivity contribution in [1.82, 2.24) is 14.1 Å². The predicted octanol–water partition coefficient (Wildman–Crippen LogP) is -2.01. The summed E-state index contributed by atoms with van der Waals surface area (Å²) in [5.41, 5.74) is -2.12. The van der Waals surface area contributed by atoms with Crippen LogP contribution in [0.15, 0.2) is 14.4 Å². The van der Waals surface area contributed by atoms with Gasteiger partial charge in [0.1, 0.15) is 0 Å². The number of hydrogen-bond donors (Lipinski definition) is 1. The van der Waals surface area contributed by atoms with Crippen LogP contribution in [0.5, 0.6) is 0 Å². The van der Waals surface area contributed by atoms with E-state index in [4.69, 9.17) is 9.47 Å². The van der Waals surface area contributed by atoms with Crippen molar-refractivity contribution in [2.45, 2.75) is 13.1 Å². The van der Waals surface area contributed by atoms with E-state index >= 15 is 0 Å². The second-order valence-corrected chi connectivity index (χ2v) is 3.31. The smallest absolute Gasteiger partial charge is 0.336 e. The lowest BCUT2D eigenvalue weighted by atomic mass is 10.6. The van der Waals surface area contributed by atoms with Crippen molar-refractivity contribution in [2.24, 2.45) is 0 Å². The van der Waals surface area contributed by atoms with Gasteiger partial charge in [0, 0.05) is 14.2 Å². The molecule has 96 valence electrons. The monoisotopic (exact) mass is 245 g/mol. The Morgan fingerprint density at radius 3 is 1.71 bits per heavy atom. The highest BCUT2D eigenvalue weighted by molar-refractivity contribution is 4.74. The summed E-state index contributed by atoms with van der Waals surface area (Å²) in [6.07, 6.45) is 0. The van der Waals surface area contributed by atoms with E-state index in [1.807, 2.05) is 0 Å². The topological polar surface area (TPSA) is 95.3 Å². The van der Waals surface area contributed by atoms with E-state index in [0.717, 1.165) is 9.13 Å². The molecule has 1 aromatic rings. The molecule has 0 aliphatic rings. The molecule has 0 unspecified atom stereocenters. The van der Waals surface area contributed by atoms with Crippen molar-refractivity contribution in [3.63, 3.8) is 0 Å². The Morgan fingerprint density at radius 1 is 0.941 bits per heavy atom. The number of rotatable bonds is 6. The van der Waals surface area contributed by atoms with Crippen molar-refractivity contribution in [3.05, 3.63) is 31.5 Å². The molecule has 17 heavy (non-hydrogen) atoms. The molecule has 0 aromatic carbocycles. The molecule has 8 heteroatoms. The summed E-state index contributed by atoms with van der Waals surface area (Å²) in [6.45, 7) is 0.618. The molecule has 0 radical (unpaired) electrons. The van der Waals surface area contributed by atoms with E-state index in [1.165, 1.54) is 14.2 Å². The van der Waals surface area contributed by atoms with Crippen molar-refractivity contribution >= 4 is 0 Å². The number of nitrogens with zero attached hydrogens (tertiary/aromatic N) is 2. The van der Waals surface area contributed by atoms with Gasteiger partial charge in [-0.1, -0.05) is 0 Å². The molecule has 0 aliphatic carbocycles. The van der Waals surface area contributed by atoms with Crippen molar-refractivity contribution in [3.8, 4) is 0 Å². The average molecular weight is 245 g/mol. The Labute approximate surface area is 96.4 Å². The molecule has 1 heterocycles. The summed E-state index contributed by atoms with van der Waals surface area (Å²) in [5, 5.41) is 0. The number of H-pyrrole nitrogens is 1. The second-order valence-electron chi connectivity index (χ2n) is 3.31. The van der Waals surface area contributed by atoms with Gasteiger partial charge in [-0.25, -0.2) is 23.5 Å². The van der Waals surface area contributed by atoms with E-state index < -0.39 is 17.1 Å². The fourth-order valence-corrected chi connectivity index (χ4v) is 1.31. The van der Waals surface area contributed by atoms with Crippen LogP contribution in [0.25, 0.3) is 0 Å². The highest BCUT2D eigenvalue weighted by Crippen LogP contribution is 1.76. The number of methoxy groups -OCH3 is 2. The number of ether oxygens (including phenoxy) is 2. The lowest BCUT2D eigenvalue weighted by Crippen LogP contribution is -2.50. The minimum absolute atomic E-state index is 0.0952. The number of nitrogens with one attached hydrogen (secondary N) is 1. The molecular weight excluding hydrogens is 230 g/mol. The minimum atomic E-state index is -0.731. The molecule has 0 saturated heterocycles. The fraction of sp³-hybridized carbons (Fsp3) is 0.667. The third-order valence-corrected chi connectivity index (χ3v) is 2.20. The maximum atomic E-state index is 11.8. The zero-order valence-electron chi connectivity index (χ0n) is 9.76. The van der Waals surface area contributed by atoms with Gasteiger partial charge >= 0.3 is 17.1 Å². The van der Waals surface area contributed by atoms with Crippen LogP contribution in [0.1, 0.15) is 0 Å². The number of aromatic amines is 1. The first kappa shape index (κ1) is 13.4. The first-order valence-electron chi connectivity index (χ1n) is 5.03. The van der Waals surface area contributed by atoms with Crippen molar-refractivity contribution in [2.75, 3.05) is 27.4 Å². The molecule has 0 saturated carbocycles. The van der Waals surface area contributed by atoms with Gasteiger partial charge < -0.3 is 9.47 Å². The lowest BCUT2D eigenvalue weighted by Gasteiger charge is -2.07. The van der Waals surface area contributed by atoms with E-state index in [9.17, 15) is 14.4 Å². The average Bonchev–Trinajstić information content (AvgIpc) is 2.28. The summed E-state index contributed by atoms with van der Waals surface area (Å²) in [4.78, 5) is 36.7. The van der Waals surface area contributed by atoms with Crippen molar-refractivity contribution < 1.29 is 9.47 Å². The molecule has 1 rings (SSSR count).